The first-order chi connectivity index (χ1) is 11.8. The maximum absolute atomic E-state index is 11.4. The van der Waals surface area contributed by atoms with E-state index in [9.17, 15) is 8.42 Å². The van der Waals surface area contributed by atoms with Crippen molar-refractivity contribution in [2.24, 2.45) is 12.2 Å². The molecule has 0 radical (unpaired) electrons. The summed E-state index contributed by atoms with van der Waals surface area (Å²) in [6.07, 6.45) is 6.72. The average Bonchev–Trinajstić information content (AvgIpc) is 3.24. The molecule has 4 rings (SSSR count). The Kier molecular flexibility index (Phi) is 3.69. The number of fused-ring (bicyclic) bond motifs is 1. The molecule has 0 amide bonds. The van der Waals surface area contributed by atoms with Crippen molar-refractivity contribution in [2.75, 3.05) is 5.75 Å². The van der Waals surface area contributed by atoms with Crippen molar-refractivity contribution in [1.82, 2.24) is 19.3 Å². The lowest BCUT2D eigenvalue weighted by Crippen LogP contribution is -2.18. The van der Waals surface area contributed by atoms with Gasteiger partial charge < -0.3 is 0 Å². The molecular weight excluding hydrogens is 338 g/mol. The molecule has 1 saturated carbocycles. The van der Waals surface area contributed by atoms with Crippen molar-refractivity contribution in [3.05, 3.63) is 41.3 Å². The van der Waals surface area contributed by atoms with Gasteiger partial charge in [-0.25, -0.2) is 18.5 Å². The lowest BCUT2D eigenvalue weighted by molar-refractivity contribution is 0.597. The third-order valence-electron chi connectivity index (χ3n) is 4.77. The van der Waals surface area contributed by atoms with Gasteiger partial charge in [-0.3, -0.25) is 9.25 Å². The van der Waals surface area contributed by atoms with Crippen LogP contribution in [0.25, 0.3) is 16.9 Å². The van der Waals surface area contributed by atoms with Crippen LogP contribution in [0.5, 0.6) is 0 Å². The Morgan fingerprint density at radius 2 is 2.12 bits per heavy atom. The minimum atomic E-state index is -3.53. The normalized spacial score (nSPS) is 15.2. The predicted octanol–water partition coefficient (Wildman–Crippen LogP) is 1.78. The van der Waals surface area contributed by atoms with Gasteiger partial charge in [0, 0.05) is 30.4 Å². The minimum Gasteiger partial charge on any atom is -0.285 e. The second kappa shape index (κ2) is 5.67. The van der Waals surface area contributed by atoms with Crippen LogP contribution in [0.3, 0.4) is 0 Å². The molecule has 0 saturated heterocycles. The van der Waals surface area contributed by atoms with E-state index in [1.54, 1.807) is 4.68 Å². The van der Waals surface area contributed by atoms with Crippen molar-refractivity contribution in [3.63, 3.8) is 0 Å². The quantitative estimate of drug-likeness (QED) is 0.751. The molecule has 0 unspecified atom stereocenters. The number of sulfonamides is 1. The van der Waals surface area contributed by atoms with Gasteiger partial charge in [0.05, 0.1) is 11.4 Å². The zero-order valence-electron chi connectivity index (χ0n) is 14.3. The van der Waals surface area contributed by atoms with Gasteiger partial charge in [-0.15, -0.1) is 0 Å². The molecule has 1 aliphatic rings. The zero-order chi connectivity index (χ0) is 17.8. The van der Waals surface area contributed by atoms with E-state index in [2.05, 4.69) is 16.1 Å². The minimum absolute atomic E-state index is 0.106. The van der Waals surface area contributed by atoms with Gasteiger partial charge in [0.25, 0.3) is 0 Å². The first-order valence-electron chi connectivity index (χ1n) is 8.34. The average molecular weight is 359 g/mol. The van der Waals surface area contributed by atoms with Crippen LogP contribution in [0.15, 0.2) is 24.5 Å². The Bertz CT molecular complexity index is 1060. The fraction of sp³-hybridized carbons (Fsp3) is 0.412. The highest BCUT2D eigenvalue weighted by atomic mass is 32.2. The Labute approximate surface area is 146 Å². The first-order valence-corrected chi connectivity index (χ1v) is 10.1. The van der Waals surface area contributed by atoms with Gasteiger partial charge >= 0.3 is 0 Å². The summed E-state index contributed by atoms with van der Waals surface area (Å²) in [7, 11) is -1.67. The number of rotatable bonds is 5. The zero-order valence-corrected chi connectivity index (χ0v) is 15.1. The summed E-state index contributed by atoms with van der Waals surface area (Å²) < 4.78 is 26.5. The van der Waals surface area contributed by atoms with Gasteiger partial charge in [0.1, 0.15) is 11.5 Å². The molecule has 3 aromatic heterocycles. The number of primary sulfonamides is 1. The van der Waals surface area contributed by atoms with Crippen LogP contribution in [-0.4, -0.2) is 33.5 Å². The van der Waals surface area contributed by atoms with Crippen molar-refractivity contribution in [3.8, 4) is 5.82 Å². The SMILES string of the molecule is Cc1nn(C)c(-n2ccc3cc(C4CC4)cnc32)c1CCS(N)(=O)=O. The molecule has 2 N–H and O–H groups in total. The van der Waals surface area contributed by atoms with Crippen LogP contribution < -0.4 is 5.14 Å². The van der Waals surface area contributed by atoms with Crippen molar-refractivity contribution < 1.29 is 8.42 Å². The number of nitrogens with two attached hydrogens (primary N) is 1. The largest absolute Gasteiger partial charge is 0.285 e. The molecule has 3 heterocycles. The Morgan fingerprint density at radius 3 is 2.80 bits per heavy atom. The molecule has 0 aliphatic heterocycles. The van der Waals surface area contributed by atoms with Gasteiger partial charge in [-0.2, -0.15) is 5.10 Å². The topological polar surface area (TPSA) is 95.8 Å². The van der Waals surface area contributed by atoms with Gasteiger partial charge in [0.2, 0.25) is 10.0 Å². The van der Waals surface area contributed by atoms with E-state index in [0.29, 0.717) is 12.3 Å². The molecule has 1 aliphatic carbocycles. The fourth-order valence-electron chi connectivity index (χ4n) is 3.38. The molecule has 7 nitrogen and oxygen atoms in total. The molecule has 25 heavy (non-hydrogen) atoms. The smallest absolute Gasteiger partial charge is 0.209 e. The molecule has 0 aromatic carbocycles. The molecule has 132 valence electrons. The lowest BCUT2D eigenvalue weighted by atomic mass is 10.1. The number of hydrogen-bond donors (Lipinski definition) is 1. The van der Waals surface area contributed by atoms with E-state index >= 15 is 0 Å². The van der Waals surface area contributed by atoms with Gasteiger partial charge in [-0.05, 0) is 49.8 Å². The molecule has 1 fully saturated rings. The van der Waals surface area contributed by atoms with Crippen molar-refractivity contribution in [2.45, 2.75) is 32.1 Å². The maximum Gasteiger partial charge on any atom is 0.209 e. The standard InChI is InChI=1S/C17H21N5O2S/c1-11-15(6-8-25(18,23)24)17(21(2)20-11)22-7-5-13-9-14(12-3-4-12)10-19-16(13)22/h5,7,9-10,12H,3-4,6,8H2,1-2H3,(H2,18,23,24). The third-order valence-corrected chi connectivity index (χ3v) is 5.55. The summed E-state index contributed by atoms with van der Waals surface area (Å²) in [4.78, 5) is 4.66. The van der Waals surface area contributed by atoms with Gasteiger partial charge in [0.15, 0.2) is 0 Å². The monoisotopic (exact) mass is 359 g/mol. The highest BCUT2D eigenvalue weighted by Crippen LogP contribution is 2.40. The molecule has 0 spiro atoms. The van der Waals surface area contributed by atoms with Gasteiger partial charge in [-0.1, -0.05) is 0 Å². The van der Waals surface area contributed by atoms with E-state index in [1.807, 2.05) is 37.0 Å². The Morgan fingerprint density at radius 1 is 1.36 bits per heavy atom. The van der Waals surface area contributed by atoms with E-state index in [1.165, 1.54) is 18.4 Å². The van der Waals surface area contributed by atoms with E-state index in [4.69, 9.17) is 5.14 Å². The van der Waals surface area contributed by atoms with Crippen LogP contribution >= 0.6 is 0 Å². The summed E-state index contributed by atoms with van der Waals surface area (Å²) in [6.45, 7) is 1.88. The van der Waals surface area contributed by atoms with E-state index in [0.717, 1.165) is 28.1 Å². The second-order valence-corrected chi connectivity index (χ2v) is 8.50. The second-order valence-electron chi connectivity index (χ2n) is 6.77. The maximum atomic E-state index is 11.4. The number of aryl methyl sites for hydroxylation is 2. The molecular formula is C17H21N5O2S. The highest BCUT2D eigenvalue weighted by molar-refractivity contribution is 7.89. The molecule has 8 heteroatoms. The van der Waals surface area contributed by atoms with Crippen molar-refractivity contribution in [1.29, 1.82) is 0 Å². The Balaban J connectivity index is 1.80. The van der Waals surface area contributed by atoms with E-state index < -0.39 is 10.0 Å². The molecule has 3 aromatic rings. The third kappa shape index (κ3) is 3.07. The summed E-state index contributed by atoms with van der Waals surface area (Å²) in [6, 6.07) is 4.24. The summed E-state index contributed by atoms with van der Waals surface area (Å²) in [5.74, 6) is 1.39. The number of pyridine rings is 1. The molecule has 0 bridgehead atoms. The lowest BCUT2D eigenvalue weighted by Gasteiger charge is -2.09. The van der Waals surface area contributed by atoms with E-state index in [-0.39, 0.29) is 5.75 Å². The number of aromatic nitrogens is 4. The van der Waals surface area contributed by atoms with Crippen LogP contribution in [0.4, 0.5) is 0 Å². The number of hydrogen-bond acceptors (Lipinski definition) is 4. The Hall–Kier alpha value is -2.19. The van der Waals surface area contributed by atoms with Crippen LogP contribution in [0.2, 0.25) is 0 Å². The summed E-state index contributed by atoms with van der Waals surface area (Å²) >= 11 is 0. The summed E-state index contributed by atoms with van der Waals surface area (Å²) in [5, 5.41) is 10.7. The van der Waals surface area contributed by atoms with Crippen LogP contribution in [-0.2, 0) is 23.5 Å². The highest BCUT2D eigenvalue weighted by Gasteiger charge is 2.25. The predicted molar refractivity (Wildman–Crippen MR) is 96.2 cm³/mol. The number of nitrogens with zero attached hydrogens (tertiary/aromatic N) is 4. The first kappa shape index (κ1) is 16.3. The van der Waals surface area contributed by atoms with Crippen LogP contribution in [0, 0.1) is 6.92 Å². The van der Waals surface area contributed by atoms with Crippen LogP contribution in [0.1, 0.15) is 35.6 Å². The summed E-state index contributed by atoms with van der Waals surface area (Å²) in [5.41, 5.74) is 3.82. The van der Waals surface area contributed by atoms with Crippen molar-refractivity contribution >= 4 is 21.1 Å². The fourth-order valence-corrected chi connectivity index (χ4v) is 3.87. The molecule has 0 atom stereocenters.